The van der Waals surface area contributed by atoms with E-state index in [1.165, 1.54) is 64.9 Å². The van der Waals surface area contributed by atoms with Gasteiger partial charge in [0.1, 0.15) is 23.9 Å². The van der Waals surface area contributed by atoms with Crippen molar-refractivity contribution in [3.8, 4) is 0 Å². The maximum atomic E-state index is 14.6. The summed E-state index contributed by atoms with van der Waals surface area (Å²) in [7, 11) is 6.09. The average molecular weight is 858 g/mol. The van der Waals surface area contributed by atoms with Crippen molar-refractivity contribution in [3.05, 3.63) is 35.9 Å². The van der Waals surface area contributed by atoms with Gasteiger partial charge in [0.25, 0.3) is 0 Å². The summed E-state index contributed by atoms with van der Waals surface area (Å²) in [6, 6.07) is 7.78. The molecule has 1 aromatic rings. The normalized spacial score (nSPS) is 41.8. The number of aliphatic hydroxyl groups is 4. The molecule has 0 radical (unpaired) electrons. The Kier molecular flexibility index (Phi) is 14.4. The number of nitrogens with zero attached hydrogens (tertiary/aromatic N) is 1. The van der Waals surface area contributed by atoms with E-state index in [0.29, 0.717) is 19.5 Å². The van der Waals surface area contributed by atoms with Crippen LogP contribution in [0, 0.1) is 28.6 Å². The van der Waals surface area contributed by atoms with Crippen LogP contribution in [0.2, 0.25) is 0 Å². The highest BCUT2D eigenvalue weighted by Gasteiger charge is 2.96. The number of unbranched alkanes of at least 4 members (excludes halogenated alkanes) is 12. The lowest BCUT2D eigenvalue weighted by molar-refractivity contribution is -0.355. The maximum Gasteiger partial charge on any atom is 0.338 e. The van der Waals surface area contributed by atoms with E-state index >= 15 is 0 Å². The van der Waals surface area contributed by atoms with Crippen molar-refractivity contribution in [3.63, 3.8) is 0 Å². The molecule has 1 unspecified atom stereocenters. The number of methoxy groups -OCH3 is 4. The first-order chi connectivity index (χ1) is 29.4. The summed E-state index contributed by atoms with van der Waals surface area (Å²) in [6.07, 6.45) is 7.66. The molecule has 344 valence electrons. The van der Waals surface area contributed by atoms with Crippen LogP contribution in [0.1, 0.15) is 127 Å². The van der Waals surface area contributed by atoms with E-state index in [-0.39, 0.29) is 25.0 Å². The zero-order valence-electron chi connectivity index (χ0n) is 37.6. The predicted octanol–water partition coefficient (Wildman–Crippen LogP) is 5.22. The van der Waals surface area contributed by atoms with Gasteiger partial charge >= 0.3 is 11.9 Å². The Morgan fingerprint density at radius 1 is 0.787 bits per heavy atom. The molecule has 7 rings (SSSR count). The van der Waals surface area contributed by atoms with Crippen LogP contribution in [-0.2, 0) is 33.2 Å². The lowest BCUT2D eigenvalue weighted by Crippen LogP contribution is -2.85. The molecule has 1 saturated heterocycles. The van der Waals surface area contributed by atoms with E-state index in [9.17, 15) is 30.0 Å². The molecule has 1 aliphatic heterocycles. The molecule has 7 bridgehead atoms. The van der Waals surface area contributed by atoms with Crippen molar-refractivity contribution in [2.24, 2.45) is 28.6 Å². The zero-order valence-corrected chi connectivity index (χ0v) is 37.6. The van der Waals surface area contributed by atoms with Gasteiger partial charge in [0, 0.05) is 83.0 Å². The van der Waals surface area contributed by atoms with Crippen LogP contribution in [-0.4, -0.2) is 145 Å². The van der Waals surface area contributed by atoms with Gasteiger partial charge in [-0.2, -0.15) is 0 Å². The van der Waals surface area contributed by atoms with Crippen LogP contribution in [0.3, 0.4) is 0 Å². The third-order valence-corrected chi connectivity index (χ3v) is 16.7. The van der Waals surface area contributed by atoms with Gasteiger partial charge in [0.15, 0.2) is 5.60 Å². The zero-order chi connectivity index (χ0) is 43.8. The number of esters is 2. The molecule has 61 heavy (non-hydrogen) atoms. The highest BCUT2D eigenvalue weighted by atomic mass is 16.6. The first kappa shape index (κ1) is 46.8. The summed E-state index contributed by atoms with van der Waals surface area (Å²) in [6.45, 7) is 5.23. The number of hydrogen-bond donors (Lipinski definition) is 4. The summed E-state index contributed by atoms with van der Waals surface area (Å²) in [5.41, 5.74) is -8.20. The highest BCUT2D eigenvalue weighted by molar-refractivity contribution is 5.89. The number of likely N-dealkylation sites (tertiary alicyclic amines) is 1. The monoisotopic (exact) mass is 858 g/mol. The van der Waals surface area contributed by atoms with Gasteiger partial charge in [-0.3, -0.25) is 9.69 Å². The molecular formula is C48H75NO12. The molecule has 1 aromatic carbocycles. The van der Waals surface area contributed by atoms with E-state index in [2.05, 4.69) is 11.8 Å². The minimum Gasteiger partial charge on any atom is -0.455 e. The van der Waals surface area contributed by atoms with Crippen molar-refractivity contribution in [1.82, 2.24) is 4.90 Å². The summed E-state index contributed by atoms with van der Waals surface area (Å²) in [5.74, 6) is -4.15. The fraction of sp³-hybridized carbons (Fsp3) is 0.833. The fourth-order valence-electron chi connectivity index (χ4n) is 14.6. The summed E-state index contributed by atoms with van der Waals surface area (Å²) in [4.78, 5) is 30.9. The number of fused-ring (bicyclic) bond motifs is 2. The van der Waals surface area contributed by atoms with E-state index in [4.69, 9.17) is 28.4 Å². The quantitative estimate of drug-likeness (QED) is 0.0834. The van der Waals surface area contributed by atoms with Crippen LogP contribution >= 0.6 is 0 Å². The van der Waals surface area contributed by atoms with Gasteiger partial charge in [-0.1, -0.05) is 109 Å². The summed E-state index contributed by atoms with van der Waals surface area (Å²) < 4.78 is 38.2. The van der Waals surface area contributed by atoms with Gasteiger partial charge in [-0.15, -0.1) is 0 Å². The fourth-order valence-corrected chi connectivity index (χ4v) is 14.6. The Bertz CT molecular complexity index is 1650. The van der Waals surface area contributed by atoms with Crippen LogP contribution < -0.4 is 0 Å². The lowest BCUT2D eigenvalue weighted by atomic mass is 9.40. The number of piperidine rings is 1. The molecule has 6 aliphatic rings. The number of aliphatic hydroxyl groups excluding tert-OH is 2. The van der Waals surface area contributed by atoms with Gasteiger partial charge in [-0.05, 0) is 25.1 Å². The van der Waals surface area contributed by atoms with Gasteiger partial charge in [0.05, 0.1) is 42.0 Å². The lowest BCUT2D eigenvalue weighted by Gasteiger charge is -2.72. The molecule has 0 amide bonds. The van der Waals surface area contributed by atoms with E-state index in [0.717, 1.165) is 19.3 Å². The van der Waals surface area contributed by atoms with Crippen LogP contribution in [0.4, 0.5) is 0 Å². The third-order valence-electron chi connectivity index (χ3n) is 16.7. The van der Waals surface area contributed by atoms with E-state index < -0.39 is 106 Å². The number of carbonyl (C=O) groups is 2. The molecule has 6 fully saturated rings. The second kappa shape index (κ2) is 18.7. The van der Waals surface area contributed by atoms with Crippen molar-refractivity contribution in [2.75, 3.05) is 48.1 Å². The Labute approximate surface area is 363 Å². The molecule has 1 heterocycles. The van der Waals surface area contributed by atoms with Gasteiger partial charge in [0.2, 0.25) is 0 Å². The van der Waals surface area contributed by atoms with Crippen molar-refractivity contribution < 1.29 is 58.4 Å². The molecule has 0 aromatic heterocycles. The summed E-state index contributed by atoms with van der Waals surface area (Å²) >= 11 is 0. The Morgan fingerprint density at radius 2 is 1.41 bits per heavy atom. The number of hydrogen-bond acceptors (Lipinski definition) is 13. The topological polar surface area (TPSA) is 174 Å². The number of benzene rings is 1. The standard InChI is InChI=1S/C48H75NO12/c1-7-9-10-11-12-13-14-15-16-17-18-19-23-26-34(51)61-48-35-36(58-5)37-44(30-56-3)29-49(8-2)39(35)47(37,33(57-4)27-32(44)50)46(55)28-45(54,42(59-6)40(48)52)41(38(46)48)60-43(53)31-24-21-20-22-25-31/h20-22,24-25,32-33,35-42,50,52,54-55H,7-19,23,26-30H2,1-6H3/t32?,33-,35-,36-,37+,38-,39+,40-,41+,42-,44-,45-,46-,47+,48-/m0/s1. The predicted molar refractivity (Wildman–Crippen MR) is 227 cm³/mol. The van der Waals surface area contributed by atoms with Crippen LogP contribution in [0.15, 0.2) is 30.3 Å². The molecule has 5 saturated carbocycles. The Morgan fingerprint density at radius 3 is 1.97 bits per heavy atom. The second-order valence-electron chi connectivity index (χ2n) is 19.5. The molecule has 15 atom stereocenters. The average Bonchev–Trinajstić information content (AvgIpc) is 3.60. The molecule has 5 aliphatic carbocycles. The molecule has 13 heteroatoms. The molecule has 13 nitrogen and oxygen atoms in total. The minimum atomic E-state index is -2.13. The Hall–Kier alpha value is -2.20. The first-order valence-electron chi connectivity index (χ1n) is 23.5. The van der Waals surface area contributed by atoms with Crippen LogP contribution in [0.5, 0.6) is 0 Å². The van der Waals surface area contributed by atoms with Gasteiger partial charge < -0.3 is 48.8 Å². The molecule has 1 spiro atoms. The number of ether oxygens (including phenoxy) is 6. The number of carbonyl (C=O) groups excluding carboxylic acids is 2. The van der Waals surface area contributed by atoms with E-state index in [1.54, 1.807) is 51.7 Å². The second-order valence-corrected chi connectivity index (χ2v) is 19.5. The SMILES string of the molecule is CCCCCCCCCCCCCCCC(=O)O[C@@]12[C@H]3[C@H](OC)[C@@H]4[C@]5(COC)CN(CC)[C@H]3[C@]4([C@@H](OC)CC5O)[C@]3(O)C[C@](O)([C@H](OC(=O)c4ccccc4)[C@H]13)[C@@H](OC)[C@@H]2O. The van der Waals surface area contributed by atoms with Crippen molar-refractivity contribution in [2.45, 2.75) is 176 Å². The molecule has 4 N–H and O–H groups in total. The smallest absolute Gasteiger partial charge is 0.338 e. The van der Waals surface area contributed by atoms with E-state index in [1.807, 2.05) is 6.92 Å². The van der Waals surface area contributed by atoms with Crippen molar-refractivity contribution in [1.29, 1.82) is 0 Å². The van der Waals surface area contributed by atoms with Crippen LogP contribution in [0.25, 0.3) is 0 Å². The minimum absolute atomic E-state index is 0.0713. The molecular weight excluding hydrogens is 783 g/mol. The van der Waals surface area contributed by atoms with Gasteiger partial charge in [-0.25, -0.2) is 4.79 Å². The third kappa shape index (κ3) is 7.05. The summed E-state index contributed by atoms with van der Waals surface area (Å²) in [5, 5.41) is 52.6. The van der Waals surface area contributed by atoms with Crippen molar-refractivity contribution >= 4 is 11.9 Å². The first-order valence-corrected chi connectivity index (χ1v) is 23.5. The maximum absolute atomic E-state index is 14.6. The Balaban J connectivity index is 1.26. The largest absolute Gasteiger partial charge is 0.455 e. The highest BCUT2D eigenvalue weighted by Crippen LogP contribution is 2.82. The number of rotatable bonds is 23.